The highest BCUT2D eigenvalue weighted by Gasteiger charge is 2.36. The largest absolute Gasteiger partial charge is 0.326 e. The summed E-state index contributed by atoms with van der Waals surface area (Å²) >= 11 is 0. The van der Waals surface area contributed by atoms with E-state index in [9.17, 15) is 14.4 Å². The van der Waals surface area contributed by atoms with Gasteiger partial charge < -0.3 is 5.32 Å². The maximum absolute atomic E-state index is 12.6. The predicted octanol–water partition coefficient (Wildman–Crippen LogP) is 3.95. The van der Waals surface area contributed by atoms with E-state index in [1.165, 1.54) is 6.20 Å². The zero-order chi connectivity index (χ0) is 20.4. The summed E-state index contributed by atoms with van der Waals surface area (Å²) in [7, 11) is 0. The summed E-state index contributed by atoms with van der Waals surface area (Å²) in [6.45, 7) is 8.37. The molecule has 1 aliphatic rings. The van der Waals surface area contributed by atoms with Crippen LogP contribution in [-0.2, 0) is 4.79 Å². The number of hydrogen-bond acceptors (Lipinski definition) is 4. The molecule has 0 spiro atoms. The molecule has 0 saturated heterocycles. The molecular formula is C22H25N3O3. The maximum Gasteiger partial charge on any atom is 0.280 e. The Kier molecular flexibility index (Phi) is 5.58. The SMILES string of the molecule is CC(C)c1cccc(C(C)C)c1NC(=O)CCN1C(=O)c2cccnc2C1=O. The molecule has 28 heavy (non-hydrogen) atoms. The Labute approximate surface area is 165 Å². The molecule has 0 saturated carbocycles. The molecule has 1 aliphatic heterocycles. The number of para-hydroxylation sites is 1. The van der Waals surface area contributed by atoms with E-state index >= 15 is 0 Å². The van der Waals surface area contributed by atoms with Gasteiger partial charge in [-0.15, -0.1) is 0 Å². The summed E-state index contributed by atoms with van der Waals surface area (Å²) in [6, 6.07) is 9.24. The highest BCUT2D eigenvalue weighted by molar-refractivity contribution is 6.20. The standard InChI is InChI=1S/C22H25N3O3/c1-13(2)15-7-5-8-16(14(3)4)19(15)24-18(26)10-12-25-21(27)17-9-6-11-23-20(17)22(25)28/h5-9,11,13-14H,10,12H2,1-4H3,(H,24,26). The third-order valence-electron chi connectivity index (χ3n) is 4.93. The molecule has 1 N–H and O–H groups in total. The van der Waals surface area contributed by atoms with Crippen LogP contribution in [0.15, 0.2) is 36.5 Å². The number of nitrogens with zero attached hydrogens (tertiary/aromatic N) is 2. The number of carbonyl (C=O) groups is 3. The van der Waals surface area contributed by atoms with Crippen LogP contribution >= 0.6 is 0 Å². The Bertz CT molecular complexity index is 873. The van der Waals surface area contributed by atoms with E-state index in [0.29, 0.717) is 5.56 Å². The topological polar surface area (TPSA) is 79.4 Å². The first-order valence-electron chi connectivity index (χ1n) is 9.55. The molecular weight excluding hydrogens is 354 g/mol. The van der Waals surface area contributed by atoms with Crippen molar-refractivity contribution in [3.8, 4) is 0 Å². The number of pyridine rings is 1. The summed E-state index contributed by atoms with van der Waals surface area (Å²) in [5.74, 6) is -0.544. The number of fused-ring (bicyclic) bond motifs is 1. The number of amides is 3. The third-order valence-corrected chi connectivity index (χ3v) is 4.93. The molecule has 0 bridgehead atoms. The van der Waals surface area contributed by atoms with Crippen LogP contribution in [0.25, 0.3) is 0 Å². The zero-order valence-corrected chi connectivity index (χ0v) is 16.7. The van der Waals surface area contributed by atoms with Crippen molar-refractivity contribution >= 4 is 23.4 Å². The number of nitrogens with one attached hydrogen (secondary N) is 1. The molecule has 0 fully saturated rings. The van der Waals surface area contributed by atoms with Gasteiger partial charge in [-0.1, -0.05) is 45.9 Å². The molecule has 1 aromatic heterocycles. The van der Waals surface area contributed by atoms with Gasteiger partial charge in [0.05, 0.1) is 5.56 Å². The Balaban J connectivity index is 1.73. The monoisotopic (exact) mass is 379 g/mol. The fourth-order valence-electron chi connectivity index (χ4n) is 3.43. The summed E-state index contributed by atoms with van der Waals surface area (Å²) in [6.07, 6.45) is 1.52. The minimum absolute atomic E-state index is 0.0285. The second-order valence-corrected chi connectivity index (χ2v) is 7.58. The van der Waals surface area contributed by atoms with Crippen molar-refractivity contribution in [1.29, 1.82) is 0 Å². The Morgan fingerprint density at radius 1 is 1.00 bits per heavy atom. The van der Waals surface area contributed by atoms with Crippen molar-refractivity contribution in [3.05, 3.63) is 58.9 Å². The molecule has 0 radical (unpaired) electrons. The minimum Gasteiger partial charge on any atom is -0.326 e. The summed E-state index contributed by atoms with van der Waals surface area (Å²) in [4.78, 5) is 42.5. The van der Waals surface area contributed by atoms with Crippen LogP contribution in [0.5, 0.6) is 0 Å². The molecule has 6 heteroatoms. The third kappa shape index (κ3) is 3.67. The normalized spacial score (nSPS) is 13.4. The van der Waals surface area contributed by atoms with Crippen molar-refractivity contribution in [2.75, 3.05) is 11.9 Å². The quantitative estimate of drug-likeness (QED) is 0.771. The number of aromatic nitrogens is 1. The molecule has 0 unspecified atom stereocenters. The first-order chi connectivity index (χ1) is 13.3. The van der Waals surface area contributed by atoms with Crippen molar-refractivity contribution in [1.82, 2.24) is 9.88 Å². The molecule has 3 amide bonds. The van der Waals surface area contributed by atoms with Crippen LogP contribution in [0.3, 0.4) is 0 Å². The number of carbonyl (C=O) groups excluding carboxylic acids is 3. The number of benzene rings is 1. The van der Waals surface area contributed by atoms with Crippen molar-refractivity contribution < 1.29 is 14.4 Å². The average Bonchev–Trinajstić information content (AvgIpc) is 2.90. The second-order valence-electron chi connectivity index (χ2n) is 7.58. The lowest BCUT2D eigenvalue weighted by Crippen LogP contribution is -2.33. The van der Waals surface area contributed by atoms with Crippen LogP contribution < -0.4 is 5.32 Å². The molecule has 3 rings (SSSR count). The van der Waals surface area contributed by atoms with Gasteiger partial charge in [0, 0.05) is 24.8 Å². The Morgan fingerprint density at radius 3 is 2.21 bits per heavy atom. The van der Waals surface area contributed by atoms with E-state index in [1.807, 2.05) is 18.2 Å². The molecule has 6 nitrogen and oxygen atoms in total. The first-order valence-corrected chi connectivity index (χ1v) is 9.55. The predicted molar refractivity (Wildman–Crippen MR) is 107 cm³/mol. The van der Waals surface area contributed by atoms with Gasteiger partial charge in [0.2, 0.25) is 5.91 Å². The lowest BCUT2D eigenvalue weighted by molar-refractivity contribution is -0.116. The van der Waals surface area contributed by atoms with Gasteiger partial charge >= 0.3 is 0 Å². The van der Waals surface area contributed by atoms with E-state index in [-0.39, 0.29) is 36.4 Å². The van der Waals surface area contributed by atoms with Crippen LogP contribution in [0.1, 0.15) is 77.9 Å². The maximum atomic E-state index is 12.6. The van der Waals surface area contributed by atoms with Crippen LogP contribution in [-0.4, -0.2) is 34.2 Å². The summed E-state index contributed by atoms with van der Waals surface area (Å²) in [5.41, 5.74) is 3.43. The second kappa shape index (κ2) is 7.92. The Morgan fingerprint density at radius 2 is 1.64 bits per heavy atom. The zero-order valence-electron chi connectivity index (χ0n) is 16.7. The smallest absolute Gasteiger partial charge is 0.280 e. The molecule has 2 aromatic rings. The summed E-state index contributed by atoms with van der Waals surface area (Å²) < 4.78 is 0. The Hall–Kier alpha value is -3.02. The van der Waals surface area contributed by atoms with Crippen molar-refractivity contribution in [2.45, 2.75) is 46.0 Å². The van der Waals surface area contributed by atoms with E-state index in [4.69, 9.17) is 0 Å². The van der Waals surface area contributed by atoms with Gasteiger partial charge in [-0.2, -0.15) is 0 Å². The summed E-state index contributed by atoms with van der Waals surface area (Å²) in [5, 5.41) is 3.01. The van der Waals surface area contributed by atoms with Gasteiger partial charge in [0.1, 0.15) is 5.69 Å². The van der Waals surface area contributed by atoms with Gasteiger partial charge in [-0.25, -0.2) is 0 Å². The highest BCUT2D eigenvalue weighted by Crippen LogP contribution is 2.32. The van der Waals surface area contributed by atoms with Crippen molar-refractivity contribution in [2.24, 2.45) is 0 Å². The van der Waals surface area contributed by atoms with Gasteiger partial charge in [-0.05, 0) is 35.1 Å². The number of anilines is 1. The molecule has 0 atom stereocenters. The lowest BCUT2D eigenvalue weighted by atomic mass is 9.92. The molecule has 2 heterocycles. The lowest BCUT2D eigenvalue weighted by Gasteiger charge is -2.20. The van der Waals surface area contributed by atoms with E-state index in [2.05, 4.69) is 38.0 Å². The number of imide groups is 1. The number of hydrogen-bond donors (Lipinski definition) is 1. The van der Waals surface area contributed by atoms with Crippen molar-refractivity contribution in [3.63, 3.8) is 0 Å². The minimum atomic E-state index is -0.446. The highest BCUT2D eigenvalue weighted by atomic mass is 16.2. The molecule has 146 valence electrons. The first kappa shape index (κ1) is 19.7. The fraction of sp³-hybridized carbons (Fsp3) is 0.364. The average molecular weight is 379 g/mol. The van der Waals surface area contributed by atoms with Crippen LogP contribution in [0.2, 0.25) is 0 Å². The van der Waals surface area contributed by atoms with Gasteiger partial charge in [0.15, 0.2) is 0 Å². The number of rotatable bonds is 6. The van der Waals surface area contributed by atoms with E-state index in [0.717, 1.165) is 21.7 Å². The van der Waals surface area contributed by atoms with Gasteiger partial charge in [0.25, 0.3) is 11.8 Å². The van der Waals surface area contributed by atoms with Crippen LogP contribution in [0, 0.1) is 0 Å². The molecule has 0 aliphatic carbocycles. The van der Waals surface area contributed by atoms with Crippen LogP contribution in [0.4, 0.5) is 5.69 Å². The van der Waals surface area contributed by atoms with E-state index < -0.39 is 11.8 Å². The van der Waals surface area contributed by atoms with E-state index in [1.54, 1.807) is 12.1 Å². The fourth-order valence-corrected chi connectivity index (χ4v) is 3.43. The van der Waals surface area contributed by atoms with Gasteiger partial charge in [-0.3, -0.25) is 24.3 Å². The molecule has 1 aromatic carbocycles.